The van der Waals surface area contributed by atoms with E-state index in [1.54, 1.807) is 17.4 Å². The predicted molar refractivity (Wildman–Crippen MR) is 97.0 cm³/mol. The highest BCUT2D eigenvalue weighted by molar-refractivity contribution is 7.13. The maximum absolute atomic E-state index is 12.1. The van der Waals surface area contributed by atoms with E-state index in [2.05, 4.69) is 21.5 Å². The van der Waals surface area contributed by atoms with Crippen LogP contribution in [-0.4, -0.2) is 20.7 Å². The number of hydrogen-bond acceptors (Lipinski definition) is 4. The van der Waals surface area contributed by atoms with Crippen LogP contribution >= 0.6 is 11.3 Å². The van der Waals surface area contributed by atoms with Crippen molar-refractivity contribution in [3.8, 4) is 10.6 Å². The smallest absolute Gasteiger partial charge is 0.230 e. The molecule has 124 valence electrons. The molecule has 0 spiro atoms. The average molecular weight is 340 g/mol. The number of nitrogens with one attached hydrogen (secondary N) is 1. The van der Waals surface area contributed by atoms with Gasteiger partial charge in [0, 0.05) is 11.6 Å². The number of nitrogens with zero attached hydrogens (tertiary/aromatic N) is 3. The Hall–Kier alpha value is -2.47. The minimum absolute atomic E-state index is 0.0498. The second kappa shape index (κ2) is 6.57. The van der Waals surface area contributed by atoms with Crippen LogP contribution in [0.3, 0.4) is 0 Å². The zero-order valence-corrected chi connectivity index (χ0v) is 14.8. The summed E-state index contributed by atoms with van der Waals surface area (Å²) in [5.74, 6) is 0.518. The third-order valence-corrected chi connectivity index (χ3v) is 4.36. The molecule has 0 atom stereocenters. The molecule has 0 aliphatic carbocycles. The Balaban J connectivity index is 1.72. The molecule has 3 aromatic heterocycles. The molecular weight excluding hydrogens is 320 g/mol. The van der Waals surface area contributed by atoms with Crippen LogP contribution in [0.25, 0.3) is 10.6 Å². The molecule has 0 aromatic carbocycles. The summed E-state index contributed by atoms with van der Waals surface area (Å²) < 4.78 is 1.85. The summed E-state index contributed by atoms with van der Waals surface area (Å²) in [7, 11) is 0. The van der Waals surface area contributed by atoms with Gasteiger partial charge in [-0.25, -0.2) is 4.98 Å². The molecule has 3 aromatic rings. The lowest BCUT2D eigenvalue weighted by Crippen LogP contribution is -2.28. The van der Waals surface area contributed by atoms with Crippen LogP contribution < -0.4 is 5.32 Å². The van der Waals surface area contributed by atoms with Crippen molar-refractivity contribution in [2.45, 2.75) is 27.3 Å². The van der Waals surface area contributed by atoms with Crippen molar-refractivity contribution in [1.82, 2.24) is 14.8 Å². The van der Waals surface area contributed by atoms with Crippen molar-refractivity contribution in [1.29, 1.82) is 0 Å². The summed E-state index contributed by atoms with van der Waals surface area (Å²) in [5, 5.41) is 9.47. The Kier molecular flexibility index (Phi) is 4.49. The van der Waals surface area contributed by atoms with Gasteiger partial charge >= 0.3 is 0 Å². The van der Waals surface area contributed by atoms with Crippen molar-refractivity contribution in [2.24, 2.45) is 5.41 Å². The molecule has 0 unspecified atom stereocenters. The number of pyridine rings is 1. The molecule has 3 rings (SSSR count). The Morgan fingerprint density at radius 2 is 2.04 bits per heavy atom. The molecule has 6 heteroatoms. The molecule has 0 radical (unpaired) electrons. The van der Waals surface area contributed by atoms with Gasteiger partial charge in [0.25, 0.3) is 0 Å². The summed E-state index contributed by atoms with van der Waals surface area (Å²) in [6.07, 6.45) is 1.94. The van der Waals surface area contributed by atoms with E-state index >= 15 is 0 Å². The second-order valence-electron chi connectivity index (χ2n) is 6.59. The van der Waals surface area contributed by atoms with Gasteiger partial charge in [-0.05, 0) is 29.6 Å². The highest BCUT2D eigenvalue weighted by atomic mass is 32.1. The number of aromatic nitrogens is 3. The fraction of sp³-hybridized carbons (Fsp3) is 0.278. The molecule has 0 saturated heterocycles. The number of amides is 1. The summed E-state index contributed by atoms with van der Waals surface area (Å²) in [4.78, 5) is 17.7. The summed E-state index contributed by atoms with van der Waals surface area (Å²) in [6.45, 7) is 6.19. The van der Waals surface area contributed by atoms with Crippen LogP contribution in [0.4, 0.5) is 5.82 Å². The number of hydrogen-bond donors (Lipinski definition) is 1. The van der Waals surface area contributed by atoms with Crippen LogP contribution in [0.2, 0.25) is 0 Å². The summed E-state index contributed by atoms with van der Waals surface area (Å²) in [5.41, 5.74) is 1.36. The van der Waals surface area contributed by atoms with E-state index in [1.165, 1.54) is 0 Å². The zero-order chi connectivity index (χ0) is 17.2. The van der Waals surface area contributed by atoms with E-state index in [9.17, 15) is 4.79 Å². The molecule has 5 nitrogen and oxygen atoms in total. The number of anilines is 1. The minimum Gasteiger partial charge on any atom is -0.310 e. The topological polar surface area (TPSA) is 59.8 Å². The Labute approximate surface area is 145 Å². The van der Waals surface area contributed by atoms with Gasteiger partial charge in [-0.15, -0.1) is 11.3 Å². The zero-order valence-electron chi connectivity index (χ0n) is 14.0. The van der Waals surface area contributed by atoms with Gasteiger partial charge in [-0.3, -0.25) is 9.48 Å². The van der Waals surface area contributed by atoms with Crippen LogP contribution in [0.5, 0.6) is 0 Å². The highest BCUT2D eigenvalue weighted by Crippen LogP contribution is 2.22. The normalized spacial score (nSPS) is 11.5. The van der Waals surface area contributed by atoms with Gasteiger partial charge < -0.3 is 5.32 Å². The van der Waals surface area contributed by atoms with E-state index in [4.69, 9.17) is 0 Å². The van der Waals surface area contributed by atoms with Gasteiger partial charge in [-0.2, -0.15) is 5.10 Å². The van der Waals surface area contributed by atoms with E-state index < -0.39 is 5.41 Å². The maximum atomic E-state index is 12.1. The van der Waals surface area contributed by atoms with Crippen molar-refractivity contribution < 1.29 is 4.79 Å². The largest absolute Gasteiger partial charge is 0.310 e. The number of rotatable bonds is 4. The van der Waals surface area contributed by atoms with Gasteiger partial charge in [0.1, 0.15) is 11.5 Å². The van der Waals surface area contributed by atoms with Gasteiger partial charge in [0.15, 0.2) is 0 Å². The first kappa shape index (κ1) is 16.4. The Bertz CT molecular complexity index is 831. The first-order chi connectivity index (χ1) is 11.4. The molecule has 3 heterocycles. The van der Waals surface area contributed by atoms with E-state index in [-0.39, 0.29) is 5.91 Å². The SMILES string of the molecule is CC(C)(C)C(=O)Nc1cccc(Cn2ccc(-c3cccs3)n2)n1. The van der Waals surface area contributed by atoms with Crippen molar-refractivity contribution >= 4 is 23.1 Å². The Morgan fingerprint density at radius 3 is 2.75 bits per heavy atom. The molecule has 0 saturated carbocycles. The van der Waals surface area contributed by atoms with Crippen LogP contribution in [0.1, 0.15) is 26.5 Å². The van der Waals surface area contributed by atoms with E-state index in [0.29, 0.717) is 12.4 Å². The number of carbonyl (C=O) groups excluding carboxylic acids is 1. The first-order valence-electron chi connectivity index (χ1n) is 7.76. The molecule has 0 fully saturated rings. The number of thiophene rings is 1. The summed E-state index contributed by atoms with van der Waals surface area (Å²) in [6, 6.07) is 11.7. The fourth-order valence-electron chi connectivity index (χ4n) is 2.11. The lowest BCUT2D eigenvalue weighted by Gasteiger charge is -2.17. The fourth-order valence-corrected chi connectivity index (χ4v) is 2.80. The van der Waals surface area contributed by atoms with Crippen molar-refractivity contribution in [3.05, 3.63) is 53.7 Å². The Morgan fingerprint density at radius 1 is 1.21 bits per heavy atom. The molecule has 1 N–H and O–H groups in total. The molecule has 24 heavy (non-hydrogen) atoms. The van der Waals surface area contributed by atoms with Crippen LogP contribution in [0.15, 0.2) is 48.0 Å². The monoisotopic (exact) mass is 340 g/mol. The van der Waals surface area contributed by atoms with Gasteiger partial charge in [0.05, 0.1) is 17.1 Å². The molecule has 1 amide bonds. The van der Waals surface area contributed by atoms with Crippen LogP contribution in [0, 0.1) is 5.41 Å². The second-order valence-corrected chi connectivity index (χ2v) is 7.54. The highest BCUT2D eigenvalue weighted by Gasteiger charge is 2.21. The molecule has 0 aliphatic rings. The standard InChI is InChI=1S/C18H20N4OS/c1-18(2,3)17(23)20-16-8-4-6-13(19-16)12-22-10-9-14(21-22)15-7-5-11-24-15/h4-11H,12H2,1-3H3,(H,19,20,23). The van der Waals surface area contributed by atoms with Gasteiger partial charge in [-0.1, -0.05) is 32.9 Å². The van der Waals surface area contributed by atoms with E-state index in [1.807, 2.05) is 61.3 Å². The molecule has 0 aliphatic heterocycles. The molecular formula is C18H20N4OS. The minimum atomic E-state index is -0.449. The lowest BCUT2D eigenvalue weighted by molar-refractivity contribution is -0.123. The van der Waals surface area contributed by atoms with Gasteiger partial charge in [0.2, 0.25) is 5.91 Å². The quantitative estimate of drug-likeness (QED) is 0.780. The molecule has 0 bridgehead atoms. The third-order valence-electron chi connectivity index (χ3n) is 3.47. The number of carbonyl (C=O) groups is 1. The predicted octanol–water partition coefficient (Wildman–Crippen LogP) is 4.04. The third kappa shape index (κ3) is 3.89. The van der Waals surface area contributed by atoms with Crippen molar-refractivity contribution in [3.63, 3.8) is 0 Å². The summed E-state index contributed by atoms with van der Waals surface area (Å²) >= 11 is 1.67. The van der Waals surface area contributed by atoms with Crippen molar-refractivity contribution in [2.75, 3.05) is 5.32 Å². The van der Waals surface area contributed by atoms with Crippen LogP contribution in [-0.2, 0) is 11.3 Å². The average Bonchev–Trinajstić information content (AvgIpc) is 3.17. The van der Waals surface area contributed by atoms with E-state index in [0.717, 1.165) is 16.3 Å². The lowest BCUT2D eigenvalue weighted by atomic mass is 9.96. The maximum Gasteiger partial charge on any atom is 0.230 e. The first-order valence-corrected chi connectivity index (χ1v) is 8.64.